The van der Waals surface area contributed by atoms with E-state index < -0.39 is 27.7 Å². The van der Waals surface area contributed by atoms with Crippen LogP contribution in [0.1, 0.15) is 36.6 Å². The van der Waals surface area contributed by atoms with Crippen LogP contribution in [0.25, 0.3) is 0 Å². The highest BCUT2D eigenvalue weighted by molar-refractivity contribution is 7.93. The van der Waals surface area contributed by atoms with Crippen molar-refractivity contribution in [3.63, 3.8) is 0 Å². The smallest absolute Gasteiger partial charge is 0.336 e. The Morgan fingerprint density at radius 1 is 0.829 bits per heavy atom. The van der Waals surface area contributed by atoms with Gasteiger partial charge < -0.3 is 10.4 Å². The van der Waals surface area contributed by atoms with Gasteiger partial charge in [0.05, 0.1) is 10.5 Å². The SMILES string of the molecule is O=C(Nc1ccc(S(=O)(=O)Nc2nccs2)cc1)c1ccc(C(=O)c2ccccc2C(=O)O)cc1. The molecule has 11 heteroatoms. The minimum absolute atomic E-state index is 0.00945. The number of hydrogen-bond donors (Lipinski definition) is 3. The second kappa shape index (κ2) is 9.87. The highest BCUT2D eigenvalue weighted by Crippen LogP contribution is 2.20. The number of nitrogens with zero attached hydrogens (tertiary/aromatic N) is 1. The van der Waals surface area contributed by atoms with Gasteiger partial charge >= 0.3 is 5.97 Å². The normalized spacial score (nSPS) is 11.0. The predicted molar refractivity (Wildman–Crippen MR) is 131 cm³/mol. The highest BCUT2D eigenvalue weighted by Gasteiger charge is 2.18. The van der Waals surface area contributed by atoms with E-state index in [1.54, 1.807) is 11.4 Å². The predicted octanol–water partition coefficient (Wildman–Crippen LogP) is 4.13. The monoisotopic (exact) mass is 507 g/mol. The van der Waals surface area contributed by atoms with Crippen LogP contribution < -0.4 is 10.0 Å². The van der Waals surface area contributed by atoms with E-state index in [1.165, 1.54) is 72.9 Å². The van der Waals surface area contributed by atoms with E-state index in [0.717, 1.165) is 11.3 Å². The summed E-state index contributed by atoms with van der Waals surface area (Å²) in [5, 5.41) is 13.8. The average Bonchev–Trinajstić information content (AvgIpc) is 3.36. The molecule has 0 atom stereocenters. The summed E-state index contributed by atoms with van der Waals surface area (Å²) in [4.78, 5) is 40.6. The lowest BCUT2D eigenvalue weighted by Crippen LogP contribution is -2.14. The molecule has 3 N–H and O–H groups in total. The minimum atomic E-state index is -3.81. The van der Waals surface area contributed by atoms with Crippen molar-refractivity contribution in [2.75, 3.05) is 10.0 Å². The fourth-order valence-corrected chi connectivity index (χ4v) is 4.95. The zero-order chi connectivity index (χ0) is 25.0. The summed E-state index contributed by atoms with van der Waals surface area (Å²) in [6.45, 7) is 0. The third kappa shape index (κ3) is 5.42. The molecule has 3 aromatic carbocycles. The van der Waals surface area contributed by atoms with Gasteiger partial charge in [0, 0.05) is 34.0 Å². The molecule has 9 nitrogen and oxygen atoms in total. The number of hydrogen-bond acceptors (Lipinski definition) is 7. The van der Waals surface area contributed by atoms with Crippen molar-refractivity contribution >= 4 is 49.8 Å². The largest absolute Gasteiger partial charge is 0.478 e. The lowest BCUT2D eigenvalue weighted by molar-refractivity contribution is 0.0692. The molecule has 0 radical (unpaired) electrons. The fourth-order valence-electron chi connectivity index (χ4n) is 3.16. The zero-order valence-corrected chi connectivity index (χ0v) is 19.5. The van der Waals surface area contributed by atoms with Crippen LogP contribution in [0.2, 0.25) is 0 Å². The molecule has 0 saturated carbocycles. The van der Waals surface area contributed by atoms with E-state index in [0.29, 0.717) is 5.69 Å². The van der Waals surface area contributed by atoms with Gasteiger partial charge in [0.25, 0.3) is 15.9 Å². The summed E-state index contributed by atoms with van der Waals surface area (Å²) in [5.41, 5.74) is 0.815. The zero-order valence-electron chi connectivity index (χ0n) is 17.8. The molecule has 1 amide bonds. The van der Waals surface area contributed by atoms with Crippen LogP contribution >= 0.6 is 11.3 Å². The highest BCUT2D eigenvalue weighted by atomic mass is 32.2. The number of aromatic carboxylic acids is 1. The number of ketones is 1. The number of carbonyl (C=O) groups is 3. The number of rotatable bonds is 8. The maximum absolute atomic E-state index is 12.7. The van der Waals surface area contributed by atoms with Crippen molar-refractivity contribution in [1.29, 1.82) is 0 Å². The number of carboxylic acids is 1. The fraction of sp³-hybridized carbons (Fsp3) is 0. The molecule has 0 saturated heterocycles. The van der Waals surface area contributed by atoms with E-state index in [1.807, 2.05) is 0 Å². The first-order chi connectivity index (χ1) is 16.7. The standard InChI is InChI=1S/C24H17N3O6S2/c28-21(19-3-1-2-4-20(19)23(30)31)15-5-7-16(8-6-15)22(29)26-17-9-11-18(12-10-17)35(32,33)27-24-25-13-14-34-24/h1-14H,(H,25,27)(H,26,29)(H,30,31). The van der Waals surface area contributed by atoms with E-state index in [4.69, 9.17) is 0 Å². The molecule has 1 heterocycles. The van der Waals surface area contributed by atoms with Crippen molar-refractivity contribution in [2.45, 2.75) is 4.90 Å². The van der Waals surface area contributed by atoms with Crippen LogP contribution in [0.4, 0.5) is 10.8 Å². The second-order valence-corrected chi connectivity index (χ2v) is 9.76. The number of aromatic nitrogens is 1. The van der Waals surface area contributed by atoms with Crippen LogP contribution in [0.15, 0.2) is 89.3 Å². The summed E-state index contributed by atoms with van der Waals surface area (Å²) in [7, 11) is -3.81. The molecule has 0 aliphatic heterocycles. The van der Waals surface area contributed by atoms with Crippen LogP contribution in [0.3, 0.4) is 0 Å². The second-order valence-electron chi connectivity index (χ2n) is 7.18. The Kier molecular flexibility index (Phi) is 6.71. The molecule has 35 heavy (non-hydrogen) atoms. The Morgan fingerprint density at radius 3 is 2.06 bits per heavy atom. The Labute approximate surface area is 204 Å². The first-order valence-electron chi connectivity index (χ1n) is 10.1. The molecular formula is C24H17N3O6S2. The number of carboxylic acid groups (broad SMARTS) is 1. The van der Waals surface area contributed by atoms with Crippen molar-refractivity contribution in [1.82, 2.24) is 4.98 Å². The van der Waals surface area contributed by atoms with Crippen molar-refractivity contribution in [3.05, 3.63) is 107 Å². The van der Waals surface area contributed by atoms with E-state index >= 15 is 0 Å². The third-order valence-electron chi connectivity index (χ3n) is 4.89. The molecule has 4 rings (SSSR count). The van der Waals surface area contributed by atoms with Gasteiger partial charge in [-0.1, -0.05) is 30.3 Å². The molecule has 0 bridgehead atoms. The Morgan fingerprint density at radius 2 is 1.46 bits per heavy atom. The number of thiazole rings is 1. The lowest BCUT2D eigenvalue weighted by Gasteiger charge is -2.09. The summed E-state index contributed by atoms with van der Waals surface area (Å²) < 4.78 is 27.2. The lowest BCUT2D eigenvalue weighted by atomic mass is 9.97. The number of amides is 1. The van der Waals surface area contributed by atoms with E-state index in [2.05, 4.69) is 15.0 Å². The van der Waals surface area contributed by atoms with Gasteiger partial charge in [-0.15, -0.1) is 11.3 Å². The topological polar surface area (TPSA) is 143 Å². The number of sulfonamides is 1. The maximum Gasteiger partial charge on any atom is 0.336 e. The van der Waals surface area contributed by atoms with E-state index in [-0.39, 0.29) is 32.3 Å². The first-order valence-corrected chi connectivity index (χ1v) is 12.4. The molecule has 0 unspecified atom stereocenters. The third-order valence-corrected chi connectivity index (χ3v) is 7.06. The van der Waals surface area contributed by atoms with Gasteiger partial charge in [0.2, 0.25) is 0 Å². The summed E-state index contributed by atoms with van der Waals surface area (Å²) >= 11 is 1.15. The van der Waals surface area contributed by atoms with Gasteiger partial charge in [0.15, 0.2) is 10.9 Å². The van der Waals surface area contributed by atoms with Gasteiger partial charge in [-0.3, -0.25) is 14.3 Å². The van der Waals surface area contributed by atoms with Crippen molar-refractivity contribution in [2.24, 2.45) is 0 Å². The first kappa shape index (κ1) is 23.8. The van der Waals surface area contributed by atoms with Gasteiger partial charge in [-0.2, -0.15) is 0 Å². The molecular weight excluding hydrogens is 490 g/mol. The van der Waals surface area contributed by atoms with E-state index in [9.17, 15) is 27.9 Å². The van der Waals surface area contributed by atoms with Crippen LogP contribution in [-0.2, 0) is 10.0 Å². The Hall–Kier alpha value is -4.35. The van der Waals surface area contributed by atoms with Crippen molar-refractivity contribution in [3.8, 4) is 0 Å². The van der Waals surface area contributed by atoms with Crippen LogP contribution in [-0.4, -0.2) is 36.2 Å². The van der Waals surface area contributed by atoms with Gasteiger partial charge in [0.1, 0.15) is 0 Å². The molecule has 4 aromatic rings. The maximum atomic E-state index is 12.7. The average molecular weight is 508 g/mol. The summed E-state index contributed by atoms with van der Waals surface area (Å²) in [6, 6.07) is 17.3. The van der Waals surface area contributed by atoms with Gasteiger partial charge in [-0.25, -0.2) is 18.2 Å². The van der Waals surface area contributed by atoms with Crippen LogP contribution in [0, 0.1) is 0 Å². The number of nitrogens with one attached hydrogen (secondary N) is 2. The number of anilines is 2. The molecule has 0 fully saturated rings. The molecule has 0 spiro atoms. The summed E-state index contributed by atoms with van der Waals surface area (Å²) in [6.07, 6.45) is 1.48. The molecule has 1 aromatic heterocycles. The van der Waals surface area contributed by atoms with Crippen molar-refractivity contribution < 1.29 is 27.9 Å². The molecule has 0 aliphatic carbocycles. The quantitative estimate of drug-likeness (QED) is 0.304. The Bertz CT molecular complexity index is 1500. The summed E-state index contributed by atoms with van der Waals surface area (Å²) in [5.74, 6) is -2.15. The number of benzene rings is 3. The minimum Gasteiger partial charge on any atom is -0.478 e. The molecule has 176 valence electrons. The van der Waals surface area contributed by atoms with Crippen LogP contribution in [0.5, 0.6) is 0 Å². The van der Waals surface area contributed by atoms with Gasteiger partial charge in [-0.05, 0) is 42.5 Å². The molecule has 0 aliphatic rings. The Balaban J connectivity index is 1.44. The number of carbonyl (C=O) groups excluding carboxylic acids is 2.